The average Bonchev–Trinajstić information content (AvgIpc) is 2.33. The summed E-state index contributed by atoms with van der Waals surface area (Å²) in [5, 5.41) is 3.41. The molecule has 0 atom stereocenters. The number of thioether (sulfide) groups is 1. The summed E-state index contributed by atoms with van der Waals surface area (Å²) in [7, 11) is 0. The molecule has 1 N–H and O–H groups in total. The van der Waals surface area contributed by atoms with Gasteiger partial charge in [0.15, 0.2) is 0 Å². The van der Waals surface area contributed by atoms with Crippen molar-refractivity contribution in [3.63, 3.8) is 0 Å². The highest BCUT2D eigenvalue weighted by atomic mass is 32.2. The normalized spacial score (nSPS) is 18.6. The number of rotatable bonds is 2. The van der Waals surface area contributed by atoms with E-state index in [0.29, 0.717) is 0 Å². The van der Waals surface area contributed by atoms with Gasteiger partial charge in [-0.25, -0.2) is 0 Å². The summed E-state index contributed by atoms with van der Waals surface area (Å²) in [4.78, 5) is 1.35. The molecule has 0 unspecified atom stereocenters. The van der Waals surface area contributed by atoms with Crippen LogP contribution in [0.1, 0.15) is 38.3 Å². The highest BCUT2D eigenvalue weighted by Gasteiger charge is 2.13. The zero-order valence-electron chi connectivity index (χ0n) is 13.0. The lowest BCUT2D eigenvalue weighted by Gasteiger charge is -2.20. The molecule has 0 aliphatic carbocycles. The van der Waals surface area contributed by atoms with Crippen LogP contribution < -0.4 is 5.32 Å². The molecule has 1 aromatic carbocycles. The first-order valence-electron chi connectivity index (χ1n) is 7.24. The van der Waals surface area contributed by atoms with Crippen LogP contribution in [-0.2, 0) is 0 Å². The van der Waals surface area contributed by atoms with E-state index in [9.17, 15) is 0 Å². The van der Waals surface area contributed by atoms with Gasteiger partial charge in [0.05, 0.1) is 0 Å². The summed E-state index contributed by atoms with van der Waals surface area (Å²) in [5.74, 6) is 0. The molecule has 0 aromatic heterocycles. The SMILES string of the molecule is C=C1CCNC/C1=C/c1ccc(SC(C)(C)C)cc1C. The lowest BCUT2D eigenvalue weighted by atomic mass is 9.97. The van der Waals surface area contributed by atoms with Crippen molar-refractivity contribution in [1.29, 1.82) is 0 Å². The van der Waals surface area contributed by atoms with Crippen LogP contribution >= 0.6 is 11.8 Å². The van der Waals surface area contributed by atoms with E-state index in [1.807, 2.05) is 11.8 Å². The minimum Gasteiger partial charge on any atom is -0.312 e. The Morgan fingerprint density at radius 2 is 2.05 bits per heavy atom. The Balaban J connectivity index is 2.21. The standard InChI is InChI=1S/C18H25NS/c1-13-8-9-19-12-16(13)11-15-6-7-17(10-14(15)2)20-18(3,4)5/h6-7,10-11,19H,1,8-9,12H2,2-5H3/b16-11-. The minimum absolute atomic E-state index is 0.258. The van der Waals surface area contributed by atoms with E-state index in [1.54, 1.807) is 0 Å². The minimum atomic E-state index is 0.258. The van der Waals surface area contributed by atoms with Gasteiger partial charge in [0.25, 0.3) is 0 Å². The van der Waals surface area contributed by atoms with Gasteiger partial charge in [-0.1, -0.05) is 33.4 Å². The van der Waals surface area contributed by atoms with Gasteiger partial charge in [-0.3, -0.25) is 0 Å². The Morgan fingerprint density at radius 1 is 1.30 bits per heavy atom. The van der Waals surface area contributed by atoms with Crippen LogP contribution in [0, 0.1) is 6.92 Å². The predicted molar refractivity (Wildman–Crippen MR) is 91.4 cm³/mol. The average molecular weight is 287 g/mol. The molecule has 1 fully saturated rings. The summed E-state index contributed by atoms with van der Waals surface area (Å²) < 4.78 is 0.258. The van der Waals surface area contributed by atoms with Crippen molar-refractivity contribution < 1.29 is 0 Å². The van der Waals surface area contributed by atoms with E-state index in [2.05, 4.69) is 63.9 Å². The molecule has 2 rings (SSSR count). The third kappa shape index (κ3) is 4.26. The molecule has 0 spiro atoms. The second-order valence-corrected chi connectivity index (χ2v) is 8.33. The van der Waals surface area contributed by atoms with Crippen molar-refractivity contribution in [2.24, 2.45) is 0 Å². The lowest BCUT2D eigenvalue weighted by Crippen LogP contribution is -2.25. The van der Waals surface area contributed by atoms with Crippen molar-refractivity contribution in [3.05, 3.63) is 47.1 Å². The number of benzene rings is 1. The summed E-state index contributed by atoms with van der Waals surface area (Å²) in [6.07, 6.45) is 3.35. The first-order chi connectivity index (χ1) is 9.35. The third-order valence-electron chi connectivity index (χ3n) is 3.37. The largest absolute Gasteiger partial charge is 0.312 e. The van der Waals surface area contributed by atoms with E-state index in [-0.39, 0.29) is 4.75 Å². The molecule has 0 radical (unpaired) electrons. The van der Waals surface area contributed by atoms with Crippen LogP contribution in [-0.4, -0.2) is 17.8 Å². The second kappa shape index (κ2) is 6.19. The van der Waals surface area contributed by atoms with E-state index in [0.717, 1.165) is 19.5 Å². The Morgan fingerprint density at radius 3 is 2.65 bits per heavy atom. The van der Waals surface area contributed by atoms with Crippen LogP contribution in [0.2, 0.25) is 0 Å². The highest BCUT2D eigenvalue weighted by molar-refractivity contribution is 8.00. The molecule has 1 saturated heterocycles. The molecule has 0 saturated carbocycles. The van der Waals surface area contributed by atoms with Crippen LogP contribution in [0.15, 0.2) is 40.8 Å². The van der Waals surface area contributed by atoms with Crippen molar-refractivity contribution >= 4 is 17.8 Å². The van der Waals surface area contributed by atoms with E-state index in [4.69, 9.17) is 0 Å². The van der Waals surface area contributed by atoms with Gasteiger partial charge in [0.2, 0.25) is 0 Å². The quantitative estimate of drug-likeness (QED) is 0.783. The fraction of sp³-hybridized carbons (Fsp3) is 0.444. The molecule has 0 bridgehead atoms. The third-order valence-corrected chi connectivity index (χ3v) is 4.47. The molecule has 108 valence electrons. The summed E-state index contributed by atoms with van der Waals surface area (Å²) in [5.41, 5.74) is 5.26. The van der Waals surface area contributed by atoms with Gasteiger partial charge < -0.3 is 5.32 Å². The molecular formula is C18H25NS. The van der Waals surface area contributed by atoms with Gasteiger partial charge in [-0.15, -0.1) is 11.8 Å². The number of aryl methyl sites for hydroxylation is 1. The van der Waals surface area contributed by atoms with Crippen LogP contribution in [0.5, 0.6) is 0 Å². The monoisotopic (exact) mass is 287 g/mol. The maximum absolute atomic E-state index is 4.18. The van der Waals surface area contributed by atoms with Gasteiger partial charge in [-0.05, 0) is 60.4 Å². The van der Waals surface area contributed by atoms with Crippen LogP contribution in [0.4, 0.5) is 0 Å². The maximum Gasteiger partial charge on any atom is 0.0208 e. The van der Waals surface area contributed by atoms with Crippen LogP contribution in [0.25, 0.3) is 6.08 Å². The molecule has 1 aliphatic rings. The molecule has 2 heteroatoms. The zero-order valence-corrected chi connectivity index (χ0v) is 13.9. The second-order valence-electron chi connectivity index (χ2n) is 6.43. The molecule has 1 aliphatic heterocycles. The van der Waals surface area contributed by atoms with Crippen molar-refractivity contribution in [3.8, 4) is 0 Å². The fourth-order valence-corrected chi connectivity index (χ4v) is 3.39. The topological polar surface area (TPSA) is 12.0 Å². The van der Waals surface area contributed by atoms with Crippen molar-refractivity contribution in [2.75, 3.05) is 13.1 Å². The Bertz CT molecular complexity index is 535. The summed E-state index contributed by atoms with van der Waals surface area (Å²) in [6.45, 7) is 15.1. The van der Waals surface area contributed by atoms with Gasteiger partial charge in [-0.2, -0.15) is 0 Å². The zero-order chi connectivity index (χ0) is 14.8. The fourth-order valence-electron chi connectivity index (χ4n) is 2.32. The molecule has 1 heterocycles. The molecule has 1 aromatic rings. The van der Waals surface area contributed by atoms with Gasteiger partial charge in [0.1, 0.15) is 0 Å². The molecule has 1 nitrogen and oxygen atoms in total. The first kappa shape index (κ1) is 15.4. The molecule has 20 heavy (non-hydrogen) atoms. The Labute approximate surface area is 127 Å². The van der Waals surface area contributed by atoms with Crippen molar-refractivity contribution in [2.45, 2.75) is 43.8 Å². The number of hydrogen-bond donors (Lipinski definition) is 1. The predicted octanol–water partition coefficient (Wildman–Crippen LogP) is 4.82. The van der Waals surface area contributed by atoms with E-state index < -0.39 is 0 Å². The lowest BCUT2D eigenvalue weighted by molar-refractivity contribution is 0.687. The maximum atomic E-state index is 4.18. The van der Waals surface area contributed by atoms with Crippen LogP contribution in [0.3, 0.4) is 0 Å². The van der Waals surface area contributed by atoms with E-state index >= 15 is 0 Å². The first-order valence-corrected chi connectivity index (χ1v) is 8.06. The smallest absolute Gasteiger partial charge is 0.0208 e. The molecular weight excluding hydrogens is 262 g/mol. The number of piperidine rings is 1. The Hall–Kier alpha value is -0.990. The van der Waals surface area contributed by atoms with E-state index in [1.165, 1.54) is 27.2 Å². The highest BCUT2D eigenvalue weighted by Crippen LogP contribution is 2.33. The van der Waals surface area contributed by atoms with Gasteiger partial charge in [0, 0.05) is 16.2 Å². The van der Waals surface area contributed by atoms with Crippen molar-refractivity contribution in [1.82, 2.24) is 5.32 Å². The number of nitrogens with one attached hydrogen (secondary N) is 1. The summed E-state index contributed by atoms with van der Waals surface area (Å²) in [6, 6.07) is 6.76. The number of hydrogen-bond acceptors (Lipinski definition) is 2. The Kier molecular flexibility index (Phi) is 4.77. The van der Waals surface area contributed by atoms with Gasteiger partial charge >= 0.3 is 0 Å². The summed E-state index contributed by atoms with van der Waals surface area (Å²) >= 11 is 1.92. The molecule has 0 amide bonds.